The van der Waals surface area contributed by atoms with Gasteiger partial charge in [0, 0.05) is 17.2 Å². The van der Waals surface area contributed by atoms with Crippen molar-refractivity contribution in [2.45, 2.75) is 0 Å². The SMILES string of the molecule is O=C(Nc1ccco1)c1oc(-c2ccccc2)nc1-c1ccccc1. The Morgan fingerprint density at radius 3 is 2.16 bits per heavy atom. The smallest absolute Gasteiger partial charge is 0.296 e. The summed E-state index contributed by atoms with van der Waals surface area (Å²) in [6.07, 6.45) is 1.49. The summed E-state index contributed by atoms with van der Waals surface area (Å²) < 4.78 is 11.0. The van der Waals surface area contributed by atoms with Crippen LogP contribution < -0.4 is 5.32 Å². The molecule has 122 valence electrons. The molecule has 5 heteroatoms. The van der Waals surface area contributed by atoms with Gasteiger partial charge < -0.3 is 8.83 Å². The maximum atomic E-state index is 12.6. The standard InChI is InChI=1S/C20H14N2O3/c23-19(21-16-12-7-13-24-16)18-17(14-8-3-1-4-9-14)22-20(25-18)15-10-5-2-6-11-15/h1-13H,(H,21,23). The molecule has 0 aliphatic heterocycles. The van der Waals surface area contributed by atoms with Gasteiger partial charge in [0.1, 0.15) is 5.69 Å². The van der Waals surface area contributed by atoms with Crippen molar-refractivity contribution in [2.24, 2.45) is 0 Å². The third-order valence-corrected chi connectivity index (χ3v) is 3.66. The van der Waals surface area contributed by atoms with Crippen molar-refractivity contribution in [1.29, 1.82) is 0 Å². The monoisotopic (exact) mass is 330 g/mol. The van der Waals surface area contributed by atoms with E-state index in [4.69, 9.17) is 8.83 Å². The summed E-state index contributed by atoms with van der Waals surface area (Å²) in [5.74, 6) is 0.468. The zero-order valence-corrected chi connectivity index (χ0v) is 13.2. The minimum absolute atomic E-state index is 0.140. The van der Waals surface area contributed by atoms with Crippen LogP contribution in [0.5, 0.6) is 0 Å². The van der Waals surface area contributed by atoms with E-state index in [-0.39, 0.29) is 5.76 Å². The average molecular weight is 330 g/mol. The number of hydrogen-bond acceptors (Lipinski definition) is 4. The molecule has 5 nitrogen and oxygen atoms in total. The Kier molecular flexibility index (Phi) is 3.88. The second-order valence-electron chi connectivity index (χ2n) is 5.36. The highest BCUT2D eigenvalue weighted by Gasteiger charge is 2.23. The van der Waals surface area contributed by atoms with Gasteiger partial charge in [0.15, 0.2) is 5.88 Å². The first-order valence-corrected chi connectivity index (χ1v) is 7.78. The Bertz CT molecular complexity index is 974. The second kappa shape index (κ2) is 6.49. The number of nitrogens with one attached hydrogen (secondary N) is 1. The van der Waals surface area contributed by atoms with E-state index in [1.165, 1.54) is 6.26 Å². The fourth-order valence-electron chi connectivity index (χ4n) is 2.49. The maximum Gasteiger partial charge on any atom is 0.296 e. The summed E-state index contributed by atoms with van der Waals surface area (Å²) in [6, 6.07) is 22.3. The van der Waals surface area contributed by atoms with Crippen LogP contribution in [-0.4, -0.2) is 10.9 Å². The first kappa shape index (κ1) is 15.0. The van der Waals surface area contributed by atoms with Crippen LogP contribution in [0, 0.1) is 0 Å². The molecule has 2 heterocycles. The van der Waals surface area contributed by atoms with Gasteiger partial charge in [-0.25, -0.2) is 4.98 Å². The molecule has 4 aromatic rings. The van der Waals surface area contributed by atoms with Crippen LogP contribution in [0.25, 0.3) is 22.7 Å². The van der Waals surface area contributed by atoms with Crippen LogP contribution >= 0.6 is 0 Å². The summed E-state index contributed by atoms with van der Waals surface area (Å²) in [5.41, 5.74) is 2.10. The number of hydrogen-bond donors (Lipinski definition) is 1. The summed E-state index contributed by atoms with van der Waals surface area (Å²) in [7, 11) is 0. The Hall–Kier alpha value is -3.60. The van der Waals surface area contributed by atoms with Gasteiger partial charge in [-0.3, -0.25) is 10.1 Å². The predicted octanol–water partition coefficient (Wildman–Crippen LogP) is 4.85. The summed E-state index contributed by atoms with van der Waals surface area (Å²) in [4.78, 5) is 17.2. The molecule has 0 fully saturated rings. The number of oxazole rings is 1. The third kappa shape index (κ3) is 3.07. The predicted molar refractivity (Wildman–Crippen MR) is 94.0 cm³/mol. The number of furan rings is 1. The van der Waals surface area contributed by atoms with Crippen LogP contribution in [0.2, 0.25) is 0 Å². The number of nitrogens with zero attached hydrogens (tertiary/aromatic N) is 1. The van der Waals surface area contributed by atoms with Crippen molar-refractivity contribution in [1.82, 2.24) is 4.98 Å². The van der Waals surface area contributed by atoms with Crippen molar-refractivity contribution >= 4 is 11.8 Å². The van der Waals surface area contributed by atoms with Crippen LogP contribution in [-0.2, 0) is 0 Å². The number of carbonyl (C=O) groups is 1. The van der Waals surface area contributed by atoms with Crippen LogP contribution in [0.15, 0.2) is 87.9 Å². The van der Waals surface area contributed by atoms with Crippen molar-refractivity contribution in [2.75, 3.05) is 5.32 Å². The molecule has 0 saturated carbocycles. The summed E-state index contributed by atoms with van der Waals surface area (Å²) in [6.45, 7) is 0. The van der Waals surface area contributed by atoms with Gasteiger partial charge in [-0.1, -0.05) is 48.5 Å². The quantitative estimate of drug-likeness (QED) is 0.580. The van der Waals surface area contributed by atoms with Crippen molar-refractivity contribution in [3.05, 3.63) is 84.8 Å². The van der Waals surface area contributed by atoms with E-state index in [0.29, 0.717) is 17.5 Å². The minimum Gasteiger partial charge on any atom is -0.449 e. The molecule has 4 rings (SSSR count). The molecular formula is C20H14N2O3. The van der Waals surface area contributed by atoms with Gasteiger partial charge in [-0.15, -0.1) is 0 Å². The van der Waals surface area contributed by atoms with Gasteiger partial charge >= 0.3 is 0 Å². The lowest BCUT2D eigenvalue weighted by Gasteiger charge is -2.01. The molecule has 0 unspecified atom stereocenters. The van der Waals surface area contributed by atoms with E-state index in [1.54, 1.807) is 12.1 Å². The van der Waals surface area contributed by atoms with E-state index in [9.17, 15) is 4.79 Å². The molecule has 0 spiro atoms. The van der Waals surface area contributed by atoms with E-state index >= 15 is 0 Å². The highest BCUT2D eigenvalue weighted by molar-refractivity contribution is 6.05. The Balaban J connectivity index is 1.78. The van der Waals surface area contributed by atoms with Crippen molar-refractivity contribution in [3.63, 3.8) is 0 Å². The number of rotatable bonds is 4. The van der Waals surface area contributed by atoms with Gasteiger partial charge in [0.25, 0.3) is 5.91 Å². The first-order valence-electron chi connectivity index (χ1n) is 7.78. The fraction of sp³-hybridized carbons (Fsp3) is 0. The molecule has 2 aromatic heterocycles. The topological polar surface area (TPSA) is 68.3 Å². The van der Waals surface area contributed by atoms with Gasteiger partial charge in [-0.2, -0.15) is 0 Å². The number of anilines is 1. The van der Waals surface area contributed by atoms with Gasteiger partial charge in [0.05, 0.1) is 6.26 Å². The highest BCUT2D eigenvalue weighted by Crippen LogP contribution is 2.29. The number of carbonyl (C=O) groups excluding carboxylic acids is 1. The molecule has 0 aliphatic rings. The zero-order valence-electron chi connectivity index (χ0n) is 13.2. The highest BCUT2D eigenvalue weighted by atomic mass is 16.4. The molecule has 0 aliphatic carbocycles. The Labute approximate surface area is 143 Å². The summed E-state index contributed by atoms with van der Waals surface area (Å²) in [5, 5.41) is 2.67. The molecule has 0 atom stereocenters. The van der Waals surface area contributed by atoms with E-state index in [1.807, 2.05) is 60.7 Å². The summed E-state index contributed by atoms with van der Waals surface area (Å²) >= 11 is 0. The number of benzene rings is 2. The van der Waals surface area contributed by atoms with Gasteiger partial charge in [-0.05, 0) is 18.2 Å². The Morgan fingerprint density at radius 1 is 0.840 bits per heavy atom. The molecule has 1 N–H and O–H groups in total. The van der Waals surface area contributed by atoms with Crippen molar-refractivity contribution < 1.29 is 13.6 Å². The lowest BCUT2D eigenvalue weighted by molar-refractivity contribution is 0.0996. The maximum absolute atomic E-state index is 12.6. The number of aromatic nitrogens is 1. The fourth-order valence-corrected chi connectivity index (χ4v) is 2.49. The van der Waals surface area contributed by atoms with Crippen molar-refractivity contribution in [3.8, 4) is 22.7 Å². The van der Waals surface area contributed by atoms with E-state index in [2.05, 4.69) is 10.3 Å². The lowest BCUT2D eigenvalue weighted by atomic mass is 10.1. The molecule has 0 saturated heterocycles. The van der Waals surface area contributed by atoms with Crippen LogP contribution in [0.4, 0.5) is 5.88 Å². The van der Waals surface area contributed by atoms with Crippen LogP contribution in [0.3, 0.4) is 0 Å². The molecule has 25 heavy (non-hydrogen) atoms. The average Bonchev–Trinajstić information content (AvgIpc) is 3.33. The number of amides is 1. The van der Waals surface area contributed by atoms with E-state index in [0.717, 1.165) is 11.1 Å². The largest absolute Gasteiger partial charge is 0.449 e. The normalized spacial score (nSPS) is 10.6. The first-order chi connectivity index (χ1) is 12.3. The van der Waals surface area contributed by atoms with E-state index < -0.39 is 5.91 Å². The molecule has 0 radical (unpaired) electrons. The second-order valence-corrected chi connectivity index (χ2v) is 5.36. The lowest BCUT2D eigenvalue weighted by Crippen LogP contribution is -2.11. The Morgan fingerprint density at radius 2 is 1.52 bits per heavy atom. The van der Waals surface area contributed by atoms with Crippen LogP contribution in [0.1, 0.15) is 10.6 Å². The molecule has 1 amide bonds. The minimum atomic E-state index is -0.413. The zero-order chi connectivity index (χ0) is 17.1. The molecule has 2 aromatic carbocycles. The van der Waals surface area contributed by atoms with Gasteiger partial charge in [0.2, 0.25) is 11.7 Å². The molecular weight excluding hydrogens is 316 g/mol. The third-order valence-electron chi connectivity index (χ3n) is 3.66. The molecule has 0 bridgehead atoms.